The highest BCUT2D eigenvalue weighted by Gasteiger charge is 2.34. The van der Waals surface area contributed by atoms with Crippen LogP contribution in [0.2, 0.25) is 0 Å². The van der Waals surface area contributed by atoms with Crippen LogP contribution >= 0.6 is 0 Å². The first-order valence-electron chi connectivity index (χ1n) is 7.83. The van der Waals surface area contributed by atoms with Crippen molar-refractivity contribution >= 4 is 15.9 Å². The van der Waals surface area contributed by atoms with E-state index in [1.165, 1.54) is 18.9 Å². The minimum Gasteiger partial charge on any atom is -0.300 e. The zero-order valence-corrected chi connectivity index (χ0v) is 13.6. The van der Waals surface area contributed by atoms with E-state index in [9.17, 15) is 13.2 Å². The van der Waals surface area contributed by atoms with Crippen LogP contribution in [0.1, 0.15) is 31.2 Å². The molecular formula is C16H22N2O3S. The summed E-state index contributed by atoms with van der Waals surface area (Å²) in [5, 5.41) is 0. The van der Waals surface area contributed by atoms with Gasteiger partial charge < -0.3 is 4.90 Å². The first kappa shape index (κ1) is 15.5. The highest BCUT2D eigenvalue weighted by molar-refractivity contribution is 7.90. The first-order valence-corrected chi connectivity index (χ1v) is 9.31. The van der Waals surface area contributed by atoms with Crippen molar-refractivity contribution in [2.45, 2.75) is 43.5 Å². The number of benzene rings is 1. The summed E-state index contributed by atoms with van der Waals surface area (Å²) in [7, 11) is -3.76. The second kappa shape index (κ2) is 6.01. The molecule has 0 atom stereocenters. The molecule has 0 bridgehead atoms. The summed E-state index contributed by atoms with van der Waals surface area (Å²) in [4.78, 5) is 14.8. The average molecular weight is 322 g/mol. The number of nitrogens with one attached hydrogen (secondary N) is 1. The Bertz CT molecular complexity index is 660. The number of likely N-dealkylation sites (tertiary alicyclic amines) is 1. The second-order valence-corrected chi connectivity index (χ2v) is 8.01. The van der Waals surface area contributed by atoms with Gasteiger partial charge in [-0.2, -0.15) is 0 Å². The number of sulfonamides is 1. The van der Waals surface area contributed by atoms with Crippen molar-refractivity contribution in [3.63, 3.8) is 0 Å². The lowest BCUT2D eigenvalue weighted by Gasteiger charge is -2.31. The monoisotopic (exact) mass is 322 g/mol. The summed E-state index contributed by atoms with van der Waals surface area (Å²) in [6.45, 7) is 3.62. The lowest BCUT2D eigenvalue weighted by molar-refractivity contribution is -0.124. The van der Waals surface area contributed by atoms with Gasteiger partial charge in [-0.25, -0.2) is 13.1 Å². The van der Waals surface area contributed by atoms with Gasteiger partial charge in [0.05, 0.1) is 4.90 Å². The SMILES string of the molecule is Cc1cccc(S(=O)(=O)NC(=O)C2CCN(C3CC3)CC2)c1. The molecule has 1 saturated heterocycles. The molecule has 0 spiro atoms. The number of carbonyl (C=O) groups excluding carboxylic acids is 1. The number of amides is 1. The number of piperidine rings is 1. The van der Waals surface area contributed by atoms with Gasteiger partial charge in [0.2, 0.25) is 5.91 Å². The first-order chi connectivity index (χ1) is 10.5. The summed E-state index contributed by atoms with van der Waals surface area (Å²) in [5.41, 5.74) is 0.855. The molecule has 1 aliphatic carbocycles. The molecule has 0 unspecified atom stereocenters. The Balaban J connectivity index is 1.61. The van der Waals surface area contributed by atoms with Gasteiger partial charge in [-0.3, -0.25) is 4.79 Å². The Morgan fingerprint density at radius 1 is 1.18 bits per heavy atom. The van der Waals surface area contributed by atoms with Gasteiger partial charge in [-0.1, -0.05) is 12.1 Å². The fourth-order valence-corrected chi connectivity index (χ4v) is 4.17. The van der Waals surface area contributed by atoms with E-state index in [1.54, 1.807) is 12.1 Å². The molecule has 22 heavy (non-hydrogen) atoms. The van der Waals surface area contributed by atoms with Gasteiger partial charge in [0.1, 0.15) is 0 Å². The third-order valence-corrected chi connectivity index (χ3v) is 5.84. The molecule has 3 rings (SSSR count). The lowest BCUT2D eigenvalue weighted by atomic mass is 9.96. The van der Waals surface area contributed by atoms with Crippen molar-refractivity contribution in [2.75, 3.05) is 13.1 Å². The number of hydrogen-bond acceptors (Lipinski definition) is 4. The molecule has 1 saturated carbocycles. The number of rotatable bonds is 4. The van der Waals surface area contributed by atoms with Crippen LogP contribution in [0, 0.1) is 12.8 Å². The van der Waals surface area contributed by atoms with Crippen molar-refractivity contribution < 1.29 is 13.2 Å². The van der Waals surface area contributed by atoms with Crippen molar-refractivity contribution in [1.29, 1.82) is 0 Å². The minimum absolute atomic E-state index is 0.149. The van der Waals surface area contributed by atoms with Gasteiger partial charge in [0.25, 0.3) is 10.0 Å². The van der Waals surface area contributed by atoms with E-state index in [1.807, 2.05) is 13.0 Å². The van der Waals surface area contributed by atoms with Crippen LogP contribution in [0.3, 0.4) is 0 Å². The second-order valence-electron chi connectivity index (χ2n) is 6.33. The molecule has 2 aliphatic rings. The van der Waals surface area contributed by atoms with Crippen molar-refractivity contribution in [1.82, 2.24) is 9.62 Å². The van der Waals surface area contributed by atoms with Crippen LogP contribution in [0.25, 0.3) is 0 Å². The molecule has 120 valence electrons. The molecule has 1 aromatic rings. The summed E-state index contributed by atoms with van der Waals surface area (Å²) in [6, 6.07) is 7.31. The Hall–Kier alpha value is -1.40. The minimum atomic E-state index is -3.76. The molecule has 1 aliphatic heterocycles. The molecule has 6 heteroatoms. The Kier molecular flexibility index (Phi) is 4.23. The quantitative estimate of drug-likeness (QED) is 0.916. The normalized spacial score (nSPS) is 20.8. The molecule has 1 heterocycles. The Morgan fingerprint density at radius 2 is 1.86 bits per heavy atom. The van der Waals surface area contributed by atoms with Gasteiger partial charge in [-0.15, -0.1) is 0 Å². The summed E-state index contributed by atoms with van der Waals surface area (Å²) < 4.78 is 26.8. The van der Waals surface area contributed by atoms with Crippen molar-refractivity contribution in [3.8, 4) is 0 Å². The maximum atomic E-state index is 12.3. The molecule has 1 aromatic carbocycles. The Labute approximate surface area is 131 Å². The van der Waals surface area contributed by atoms with Gasteiger partial charge in [0, 0.05) is 12.0 Å². The Morgan fingerprint density at radius 3 is 2.45 bits per heavy atom. The number of nitrogens with zero attached hydrogens (tertiary/aromatic N) is 1. The largest absolute Gasteiger partial charge is 0.300 e. The highest BCUT2D eigenvalue weighted by Crippen LogP contribution is 2.31. The molecule has 2 fully saturated rings. The van der Waals surface area contributed by atoms with Gasteiger partial charge >= 0.3 is 0 Å². The van der Waals surface area contributed by atoms with Crippen LogP contribution in [-0.4, -0.2) is 38.4 Å². The third-order valence-electron chi connectivity index (χ3n) is 4.50. The zero-order valence-electron chi connectivity index (χ0n) is 12.8. The summed E-state index contributed by atoms with van der Waals surface area (Å²) >= 11 is 0. The predicted molar refractivity (Wildman–Crippen MR) is 83.8 cm³/mol. The maximum Gasteiger partial charge on any atom is 0.264 e. The third kappa shape index (κ3) is 3.50. The van der Waals surface area contributed by atoms with E-state index in [0.717, 1.165) is 31.5 Å². The summed E-state index contributed by atoms with van der Waals surface area (Å²) in [5.74, 6) is -0.563. The van der Waals surface area contributed by atoms with E-state index >= 15 is 0 Å². The molecular weight excluding hydrogens is 300 g/mol. The van der Waals surface area contributed by atoms with Crippen LogP contribution < -0.4 is 4.72 Å². The molecule has 0 aromatic heterocycles. The predicted octanol–water partition coefficient (Wildman–Crippen LogP) is 1.67. The molecule has 5 nitrogen and oxygen atoms in total. The van der Waals surface area contributed by atoms with Crippen LogP contribution in [0.15, 0.2) is 29.2 Å². The maximum absolute atomic E-state index is 12.3. The highest BCUT2D eigenvalue weighted by atomic mass is 32.2. The number of hydrogen-bond donors (Lipinski definition) is 1. The van der Waals surface area contributed by atoms with E-state index in [2.05, 4.69) is 9.62 Å². The lowest BCUT2D eigenvalue weighted by Crippen LogP contribution is -2.42. The number of aryl methyl sites for hydroxylation is 1. The van der Waals surface area contributed by atoms with Gasteiger partial charge in [0.15, 0.2) is 0 Å². The zero-order chi connectivity index (χ0) is 15.7. The topological polar surface area (TPSA) is 66.5 Å². The smallest absolute Gasteiger partial charge is 0.264 e. The fourth-order valence-electron chi connectivity index (χ4n) is 3.02. The average Bonchev–Trinajstić information content (AvgIpc) is 3.32. The van der Waals surface area contributed by atoms with Gasteiger partial charge in [-0.05, 0) is 63.4 Å². The fraction of sp³-hybridized carbons (Fsp3) is 0.562. The van der Waals surface area contributed by atoms with E-state index in [-0.39, 0.29) is 16.7 Å². The van der Waals surface area contributed by atoms with Crippen molar-refractivity contribution in [3.05, 3.63) is 29.8 Å². The summed E-state index contributed by atoms with van der Waals surface area (Å²) in [6.07, 6.45) is 4.01. The van der Waals surface area contributed by atoms with E-state index in [0.29, 0.717) is 6.04 Å². The van der Waals surface area contributed by atoms with E-state index in [4.69, 9.17) is 0 Å². The molecule has 1 amide bonds. The van der Waals surface area contributed by atoms with Crippen LogP contribution in [0.4, 0.5) is 0 Å². The molecule has 0 radical (unpaired) electrons. The van der Waals surface area contributed by atoms with Crippen LogP contribution in [0.5, 0.6) is 0 Å². The van der Waals surface area contributed by atoms with Crippen LogP contribution in [-0.2, 0) is 14.8 Å². The number of carbonyl (C=O) groups is 1. The standard InChI is InChI=1S/C16H22N2O3S/c1-12-3-2-4-15(11-12)22(20,21)17-16(19)13-7-9-18(10-8-13)14-5-6-14/h2-4,11,13-14H,5-10H2,1H3,(H,17,19). The van der Waals surface area contributed by atoms with Crippen molar-refractivity contribution in [2.24, 2.45) is 5.92 Å². The molecule has 1 N–H and O–H groups in total. The van der Waals surface area contributed by atoms with E-state index < -0.39 is 10.0 Å².